The first-order chi connectivity index (χ1) is 13.7. The van der Waals surface area contributed by atoms with E-state index in [0.29, 0.717) is 28.6 Å². The highest BCUT2D eigenvalue weighted by Gasteiger charge is 2.15. The van der Waals surface area contributed by atoms with Crippen LogP contribution in [0.5, 0.6) is 11.5 Å². The van der Waals surface area contributed by atoms with E-state index in [2.05, 4.69) is 20.3 Å². The van der Waals surface area contributed by atoms with Gasteiger partial charge >= 0.3 is 0 Å². The Hall–Kier alpha value is -3.74. The van der Waals surface area contributed by atoms with Gasteiger partial charge in [-0.2, -0.15) is 0 Å². The molecule has 0 aliphatic carbocycles. The average molecular weight is 373 g/mol. The Morgan fingerprint density at radius 3 is 2.54 bits per heavy atom. The summed E-state index contributed by atoms with van der Waals surface area (Å²) in [6, 6.07) is 11.9. The van der Waals surface area contributed by atoms with E-state index in [4.69, 9.17) is 14.5 Å². The van der Waals surface area contributed by atoms with Crippen molar-refractivity contribution in [3.05, 3.63) is 55.0 Å². The third kappa shape index (κ3) is 3.18. The molecule has 4 aromatic rings. The van der Waals surface area contributed by atoms with Gasteiger partial charge in [0.25, 0.3) is 0 Å². The molecule has 2 aromatic carbocycles. The lowest BCUT2D eigenvalue weighted by atomic mass is 10.0. The van der Waals surface area contributed by atoms with Crippen LogP contribution < -0.4 is 14.8 Å². The molecule has 140 valence electrons. The summed E-state index contributed by atoms with van der Waals surface area (Å²) in [5.41, 5.74) is 3.30. The Kier molecular flexibility index (Phi) is 4.72. The van der Waals surface area contributed by atoms with Gasteiger partial charge in [-0.1, -0.05) is 12.1 Å². The van der Waals surface area contributed by atoms with Crippen molar-refractivity contribution in [2.24, 2.45) is 0 Å². The number of hydrogen-bond acceptors (Lipinski definition) is 7. The first-order valence-electron chi connectivity index (χ1n) is 8.72. The van der Waals surface area contributed by atoms with Gasteiger partial charge in [0, 0.05) is 24.8 Å². The van der Waals surface area contributed by atoms with E-state index in [-0.39, 0.29) is 0 Å². The van der Waals surface area contributed by atoms with Crippen LogP contribution in [0.15, 0.2) is 55.0 Å². The Morgan fingerprint density at radius 1 is 0.929 bits per heavy atom. The Bertz CT molecular complexity index is 1130. The van der Waals surface area contributed by atoms with Gasteiger partial charge in [0.1, 0.15) is 28.5 Å². The van der Waals surface area contributed by atoms with Crippen molar-refractivity contribution in [2.45, 2.75) is 0 Å². The van der Waals surface area contributed by atoms with Crippen LogP contribution in [-0.2, 0) is 0 Å². The SMILES string of the molecule is CNc1nc(-c2cnccn2)nc2c(OC)cc(-c3cccc(OC)c3)cc12. The van der Waals surface area contributed by atoms with E-state index in [1.165, 1.54) is 0 Å². The van der Waals surface area contributed by atoms with E-state index >= 15 is 0 Å². The summed E-state index contributed by atoms with van der Waals surface area (Å²) in [4.78, 5) is 17.7. The minimum atomic E-state index is 0.484. The van der Waals surface area contributed by atoms with Gasteiger partial charge in [0.05, 0.1) is 20.4 Å². The molecule has 1 N–H and O–H groups in total. The summed E-state index contributed by atoms with van der Waals surface area (Å²) in [6.45, 7) is 0. The van der Waals surface area contributed by atoms with Gasteiger partial charge in [-0.05, 0) is 35.4 Å². The number of benzene rings is 2. The molecular weight excluding hydrogens is 354 g/mol. The molecule has 0 unspecified atom stereocenters. The van der Waals surface area contributed by atoms with Crippen LogP contribution in [-0.4, -0.2) is 41.2 Å². The van der Waals surface area contributed by atoms with Crippen LogP contribution in [0.3, 0.4) is 0 Å². The van der Waals surface area contributed by atoms with Crippen molar-refractivity contribution < 1.29 is 9.47 Å². The van der Waals surface area contributed by atoms with E-state index in [1.807, 2.05) is 43.4 Å². The average Bonchev–Trinajstić information content (AvgIpc) is 2.78. The van der Waals surface area contributed by atoms with Crippen LogP contribution in [0.4, 0.5) is 5.82 Å². The lowest BCUT2D eigenvalue weighted by Gasteiger charge is -2.13. The highest BCUT2D eigenvalue weighted by atomic mass is 16.5. The predicted octanol–water partition coefficient (Wildman–Crippen LogP) is 3.81. The molecule has 0 radical (unpaired) electrons. The van der Waals surface area contributed by atoms with Crippen LogP contribution >= 0.6 is 0 Å². The van der Waals surface area contributed by atoms with Gasteiger partial charge in [0.2, 0.25) is 0 Å². The summed E-state index contributed by atoms with van der Waals surface area (Å²) in [7, 11) is 5.11. The molecule has 0 fully saturated rings. The molecule has 2 aromatic heterocycles. The highest BCUT2D eigenvalue weighted by Crippen LogP contribution is 2.36. The molecule has 0 aliphatic rings. The van der Waals surface area contributed by atoms with E-state index in [0.717, 1.165) is 22.3 Å². The number of hydrogen-bond donors (Lipinski definition) is 1. The number of aromatic nitrogens is 4. The van der Waals surface area contributed by atoms with Crippen molar-refractivity contribution in [3.8, 4) is 34.1 Å². The zero-order valence-electron chi connectivity index (χ0n) is 15.8. The van der Waals surface area contributed by atoms with Crippen molar-refractivity contribution in [1.29, 1.82) is 0 Å². The third-order valence-electron chi connectivity index (χ3n) is 4.42. The van der Waals surface area contributed by atoms with Crippen LogP contribution in [0.2, 0.25) is 0 Å². The fourth-order valence-corrected chi connectivity index (χ4v) is 3.05. The number of nitrogens with zero attached hydrogens (tertiary/aromatic N) is 4. The lowest BCUT2D eigenvalue weighted by Crippen LogP contribution is -2.01. The largest absolute Gasteiger partial charge is 0.497 e. The number of anilines is 1. The van der Waals surface area contributed by atoms with Gasteiger partial charge in [-0.15, -0.1) is 0 Å². The monoisotopic (exact) mass is 373 g/mol. The maximum atomic E-state index is 5.65. The van der Waals surface area contributed by atoms with E-state index < -0.39 is 0 Å². The number of nitrogens with one attached hydrogen (secondary N) is 1. The molecule has 0 bridgehead atoms. The highest BCUT2D eigenvalue weighted by molar-refractivity contribution is 5.97. The minimum Gasteiger partial charge on any atom is -0.497 e. The lowest BCUT2D eigenvalue weighted by molar-refractivity contribution is 0.415. The second kappa shape index (κ2) is 7.48. The fraction of sp³-hybridized carbons (Fsp3) is 0.143. The van der Waals surface area contributed by atoms with Gasteiger partial charge in [0.15, 0.2) is 5.82 Å². The van der Waals surface area contributed by atoms with Crippen molar-refractivity contribution in [2.75, 3.05) is 26.6 Å². The number of ether oxygens (including phenoxy) is 2. The zero-order chi connectivity index (χ0) is 19.5. The fourth-order valence-electron chi connectivity index (χ4n) is 3.05. The van der Waals surface area contributed by atoms with Crippen molar-refractivity contribution in [1.82, 2.24) is 19.9 Å². The first-order valence-corrected chi connectivity index (χ1v) is 8.72. The molecule has 4 rings (SSSR count). The minimum absolute atomic E-state index is 0.484. The molecule has 7 nitrogen and oxygen atoms in total. The summed E-state index contributed by atoms with van der Waals surface area (Å²) in [5, 5.41) is 4.01. The molecule has 0 amide bonds. The smallest absolute Gasteiger partial charge is 0.182 e. The van der Waals surface area contributed by atoms with Crippen LogP contribution in [0.1, 0.15) is 0 Å². The molecule has 0 atom stereocenters. The molecule has 0 aliphatic heterocycles. The van der Waals surface area contributed by atoms with E-state index in [1.54, 1.807) is 32.8 Å². The molecular formula is C21H19N5O2. The second-order valence-corrected chi connectivity index (χ2v) is 6.04. The Labute approximate surface area is 162 Å². The zero-order valence-corrected chi connectivity index (χ0v) is 15.8. The standard InChI is InChI=1S/C21H19N5O2/c1-22-20-16-10-14(13-5-4-6-15(9-13)27-2)11-18(28-3)19(16)25-21(26-20)17-12-23-7-8-24-17/h4-12H,1-3H3,(H,22,25,26). The molecule has 0 saturated heterocycles. The maximum absolute atomic E-state index is 5.65. The van der Waals surface area contributed by atoms with Crippen LogP contribution in [0, 0.1) is 0 Å². The summed E-state index contributed by atoms with van der Waals surface area (Å²) >= 11 is 0. The summed E-state index contributed by atoms with van der Waals surface area (Å²) in [6.07, 6.45) is 4.87. The number of fused-ring (bicyclic) bond motifs is 1. The van der Waals surface area contributed by atoms with Gasteiger partial charge in [-0.3, -0.25) is 4.98 Å². The molecule has 0 spiro atoms. The van der Waals surface area contributed by atoms with Crippen molar-refractivity contribution in [3.63, 3.8) is 0 Å². The third-order valence-corrected chi connectivity index (χ3v) is 4.42. The Morgan fingerprint density at radius 2 is 1.82 bits per heavy atom. The van der Waals surface area contributed by atoms with Crippen LogP contribution in [0.25, 0.3) is 33.5 Å². The molecule has 2 heterocycles. The van der Waals surface area contributed by atoms with Gasteiger partial charge in [-0.25, -0.2) is 15.0 Å². The number of rotatable bonds is 5. The number of methoxy groups -OCH3 is 2. The molecule has 7 heteroatoms. The maximum Gasteiger partial charge on any atom is 0.182 e. The summed E-state index contributed by atoms with van der Waals surface area (Å²) < 4.78 is 11.0. The topological polar surface area (TPSA) is 82.1 Å². The first kappa shape index (κ1) is 17.7. The molecule has 28 heavy (non-hydrogen) atoms. The Balaban J connectivity index is 1.95. The normalized spacial score (nSPS) is 10.7. The predicted molar refractivity (Wildman–Crippen MR) is 109 cm³/mol. The quantitative estimate of drug-likeness (QED) is 0.569. The van der Waals surface area contributed by atoms with Gasteiger partial charge < -0.3 is 14.8 Å². The second-order valence-electron chi connectivity index (χ2n) is 6.04. The molecule has 0 saturated carbocycles. The van der Waals surface area contributed by atoms with E-state index in [9.17, 15) is 0 Å². The summed E-state index contributed by atoms with van der Waals surface area (Å²) in [5.74, 6) is 2.62. The van der Waals surface area contributed by atoms with Crippen molar-refractivity contribution >= 4 is 16.7 Å².